The van der Waals surface area contributed by atoms with Crippen LogP contribution in [0, 0.1) is 0 Å². The first-order valence-electron chi connectivity index (χ1n) is 8.20. The van der Waals surface area contributed by atoms with Crippen LogP contribution in [0.5, 0.6) is 5.75 Å². The Hall–Kier alpha value is -2.30. The fourth-order valence-electron chi connectivity index (χ4n) is 3.47. The molecule has 1 aromatic heterocycles. The SMILES string of the molecule is Clc1ccc([C@@H]2Oc3ccccc3[C@@H]3CC(c4cccs4)=NN32)cc1. The van der Waals surface area contributed by atoms with E-state index in [-0.39, 0.29) is 12.3 Å². The molecule has 3 heterocycles. The summed E-state index contributed by atoms with van der Waals surface area (Å²) in [5, 5.41) is 9.85. The van der Waals surface area contributed by atoms with Crippen LogP contribution in [0.15, 0.2) is 71.1 Å². The molecule has 2 aliphatic heterocycles. The van der Waals surface area contributed by atoms with E-state index in [1.165, 1.54) is 10.4 Å². The molecular weight excluding hydrogens is 352 g/mol. The molecule has 0 aliphatic carbocycles. The molecule has 2 atom stereocenters. The smallest absolute Gasteiger partial charge is 0.213 e. The summed E-state index contributed by atoms with van der Waals surface area (Å²) < 4.78 is 6.32. The molecule has 2 aromatic carbocycles. The minimum atomic E-state index is -0.241. The van der Waals surface area contributed by atoms with Gasteiger partial charge in [0.25, 0.3) is 0 Å². The number of halogens is 1. The van der Waals surface area contributed by atoms with Gasteiger partial charge in [-0.1, -0.05) is 48.0 Å². The van der Waals surface area contributed by atoms with Gasteiger partial charge in [0.1, 0.15) is 5.75 Å². The second-order valence-electron chi connectivity index (χ2n) is 6.18. The quantitative estimate of drug-likeness (QED) is 0.586. The molecule has 25 heavy (non-hydrogen) atoms. The summed E-state index contributed by atoms with van der Waals surface area (Å²) in [6.45, 7) is 0. The van der Waals surface area contributed by atoms with Crippen LogP contribution >= 0.6 is 22.9 Å². The van der Waals surface area contributed by atoms with E-state index in [1.54, 1.807) is 11.3 Å². The standard InChI is InChI=1S/C20H15ClN2OS/c21-14-9-7-13(8-10-14)20-23-17(15-4-1-2-5-18(15)24-20)12-16(22-23)19-6-3-11-25-19/h1-11,17,20H,12H2/t17-,20-/m0/s1. The highest BCUT2D eigenvalue weighted by atomic mass is 35.5. The van der Waals surface area contributed by atoms with E-state index < -0.39 is 0 Å². The molecule has 0 saturated heterocycles. The van der Waals surface area contributed by atoms with E-state index in [4.69, 9.17) is 21.4 Å². The van der Waals surface area contributed by atoms with Crippen LogP contribution in [-0.4, -0.2) is 10.7 Å². The third-order valence-electron chi connectivity index (χ3n) is 4.66. The molecule has 3 aromatic rings. The third kappa shape index (κ3) is 2.53. The van der Waals surface area contributed by atoms with Crippen LogP contribution in [0.1, 0.15) is 34.7 Å². The Morgan fingerprint density at radius 1 is 1.04 bits per heavy atom. The van der Waals surface area contributed by atoms with E-state index in [2.05, 4.69) is 34.7 Å². The highest BCUT2D eigenvalue weighted by Gasteiger charge is 2.40. The van der Waals surface area contributed by atoms with Crippen molar-refractivity contribution in [2.75, 3.05) is 0 Å². The fourth-order valence-corrected chi connectivity index (χ4v) is 4.32. The van der Waals surface area contributed by atoms with Crippen LogP contribution < -0.4 is 4.74 Å². The summed E-state index contributed by atoms with van der Waals surface area (Å²) in [7, 11) is 0. The Labute approximate surface area is 155 Å². The summed E-state index contributed by atoms with van der Waals surface area (Å²) in [5.74, 6) is 0.936. The van der Waals surface area contributed by atoms with Crippen LogP contribution in [0.2, 0.25) is 5.02 Å². The molecular formula is C20H15ClN2OS. The fraction of sp³-hybridized carbons (Fsp3) is 0.150. The first-order valence-corrected chi connectivity index (χ1v) is 9.46. The zero-order valence-corrected chi connectivity index (χ0v) is 14.9. The number of ether oxygens (including phenoxy) is 1. The van der Waals surface area contributed by atoms with Gasteiger partial charge in [0.2, 0.25) is 6.23 Å². The molecule has 0 saturated carbocycles. The highest BCUT2D eigenvalue weighted by Crippen LogP contribution is 2.47. The average molecular weight is 367 g/mol. The van der Waals surface area contributed by atoms with Crippen molar-refractivity contribution in [2.45, 2.75) is 18.7 Å². The van der Waals surface area contributed by atoms with Gasteiger partial charge in [-0.3, -0.25) is 0 Å². The van der Waals surface area contributed by atoms with Gasteiger partial charge in [-0.25, -0.2) is 5.01 Å². The maximum Gasteiger partial charge on any atom is 0.213 e. The average Bonchev–Trinajstić information content (AvgIpc) is 3.31. The van der Waals surface area contributed by atoms with Gasteiger partial charge in [-0.05, 0) is 29.6 Å². The van der Waals surface area contributed by atoms with Gasteiger partial charge in [-0.2, -0.15) is 5.10 Å². The van der Waals surface area contributed by atoms with Crippen molar-refractivity contribution in [1.82, 2.24) is 5.01 Å². The number of para-hydroxylation sites is 1. The van der Waals surface area contributed by atoms with Gasteiger partial charge < -0.3 is 4.74 Å². The van der Waals surface area contributed by atoms with E-state index in [0.717, 1.165) is 28.5 Å². The topological polar surface area (TPSA) is 24.8 Å². The summed E-state index contributed by atoms with van der Waals surface area (Å²) in [4.78, 5) is 1.22. The van der Waals surface area contributed by atoms with Gasteiger partial charge >= 0.3 is 0 Å². The van der Waals surface area contributed by atoms with E-state index in [0.29, 0.717) is 0 Å². The molecule has 0 spiro atoms. The van der Waals surface area contributed by atoms with Crippen molar-refractivity contribution in [3.63, 3.8) is 0 Å². The Morgan fingerprint density at radius 2 is 1.88 bits per heavy atom. The van der Waals surface area contributed by atoms with Crippen LogP contribution in [0.4, 0.5) is 0 Å². The predicted molar refractivity (Wildman–Crippen MR) is 101 cm³/mol. The second kappa shape index (κ2) is 5.90. The van der Waals surface area contributed by atoms with Crippen molar-refractivity contribution < 1.29 is 4.74 Å². The zero-order valence-electron chi connectivity index (χ0n) is 13.3. The lowest BCUT2D eigenvalue weighted by Gasteiger charge is -2.38. The molecule has 0 amide bonds. The third-order valence-corrected chi connectivity index (χ3v) is 5.83. The molecule has 124 valence electrons. The molecule has 5 heteroatoms. The summed E-state index contributed by atoms with van der Waals surface area (Å²) in [6, 6.07) is 20.5. The molecule has 0 fully saturated rings. The Bertz CT molecular complexity index is 937. The second-order valence-corrected chi connectivity index (χ2v) is 7.57. The number of nitrogens with zero attached hydrogens (tertiary/aromatic N) is 2. The lowest BCUT2D eigenvalue weighted by atomic mass is 9.98. The first kappa shape index (κ1) is 15.0. The van der Waals surface area contributed by atoms with E-state index in [1.807, 2.05) is 36.4 Å². The lowest BCUT2D eigenvalue weighted by Crippen LogP contribution is -2.33. The summed E-state index contributed by atoms with van der Waals surface area (Å²) in [5.41, 5.74) is 3.38. The van der Waals surface area contributed by atoms with Gasteiger partial charge in [-0.15, -0.1) is 11.3 Å². The molecule has 0 bridgehead atoms. The molecule has 0 unspecified atom stereocenters. The van der Waals surface area contributed by atoms with Crippen molar-refractivity contribution in [2.24, 2.45) is 5.10 Å². The van der Waals surface area contributed by atoms with Crippen molar-refractivity contribution in [3.05, 3.63) is 87.1 Å². The number of fused-ring (bicyclic) bond motifs is 3. The predicted octanol–water partition coefficient (Wildman–Crippen LogP) is 5.64. The van der Waals surface area contributed by atoms with Gasteiger partial charge in [0, 0.05) is 22.6 Å². The van der Waals surface area contributed by atoms with Gasteiger partial charge in [0.05, 0.1) is 16.6 Å². The number of rotatable bonds is 2. The molecule has 5 rings (SSSR count). The summed E-state index contributed by atoms with van der Waals surface area (Å²) >= 11 is 7.78. The zero-order chi connectivity index (χ0) is 16.8. The number of hydrogen-bond donors (Lipinski definition) is 0. The Kier molecular flexibility index (Phi) is 3.54. The molecule has 0 N–H and O–H groups in total. The van der Waals surface area contributed by atoms with E-state index in [9.17, 15) is 0 Å². The van der Waals surface area contributed by atoms with Crippen LogP contribution in [0.25, 0.3) is 0 Å². The number of benzene rings is 2. The van der Waals surface area contributed by atoms with Crippen LogP contribution in [-0.2, 0) is 0 Å². The molecule has 3 nitrogen and oxygen atoms in total. The number of hydrazone groups is 1. The lowest BCUT2D eigenvalue weighted by molar-refractivity contribution is -0.0190. The van der Waals surface area contributed by atoms with Crippen molar-refractivity contribution >= 4 is 28.6 Å². The Balaban J connectivity index is 1.60. The van der Waals surface area contributed by atoms with Crippen molar-refractivity contribution in [1.29, 1.82) is 0 Å². The van der Waals surface area contributed by atoms with Crippen molar-refractivity contribution in [3.8, 4) is 5.75 Å². The Morgan fingerprint density at radius 3 is 2.68 bits per heavy atom. The monoisotopic (exact) mass is 366 g/mol. The normalized spacial score (nSPS) is 21.3. The highest BCUT2D eigenvalue weighted by molar-refractivity contribution is 7.12. The maximum atomic E-state index is 6.32. The number of thiophene rings is 1. The van der Waals surface area contributed by atoms with Crippen LogP contribution in [0.3, 0.4) is 0 Å². The van der Waals surface area contributed by atoms with E-state index >= 15 is 0 Å². The number of hydrogen-bond acceptors (Lipinski definition) is 4. The largest absolute Gasteiger partial charge is 0.464 e. The first-order chi connectivity index (χ1) is 12.3. The minimum absolute atomic E-state index is 0.197. The minimum Gasteiger partial charge on any atom is -0.464 e. The summed E-state index contributed by atoms with van der Waals surface area (Å²) in [6.07, 6.45) is 0.653. The molecule has 0 radical (unpaired) electrons. The maximum absolute atomic E-state index is 6.32. The van der Waals surface area contributed by atoms with Gasteiger partial charge in [0.15, 0.2) is 0 Å². The molecule has 2 aliphatic rings.